The third-order valence-corrected chi connectivity index (χ3v) is 4.83. The molecule has 1 aromatic heterocycles. The minimum Gasteiger partial charge on any atom is -0.324 e. The average Bonchev–Trinajstić information content (AvgIpc) is 3.18. The van der Waals surface area contributed by atoms with Crippen molar-refractivity contribution in [2.24, 2.45) is 5.92 Å². The van der Waals surface area contributed by atoms with Gasteiger partial charge in [-0.25, -0.2) is 4.98 Å². The number of fused-ring (bicyclic) bond motifs is 1. The summed E-state index contributed by atoms with van der Waals surface area (Å²) >= 11 is 0. The molecule has 2 aliphatic rings. The molecule has 0 radical (unpaired) electrons. The van der Waals surface area contributed by atoms with Gasteiger partial charge in [-0.3, -0.25) is 0 Å². The van der Waals surface area contributed by atoms with Crippen molar-refractivity contribution in [3.05, 3.63) is 41.7 Å². The van der Waals surface area contributed by atoms with Crippen molar-refractivity contribution in [3.63, 3.8) is 0 Å². The fourth-order valence-corrected chi connectivity index (χ4v) is 3.71. The molecule has 1 fully saturated rings. The fraction of sp³-hybridized carbons (Fsp3) is 0.500. The van der Waals surface area contributed by atoms with Gasteiger partial charge >= 0.3 is 0 Å². The number of benzene rings is 1. The maximum Gasteiger partial charge on any atom is 0.140 e. The van der Waals surface area contributed by atoms with Crippen molar-refractivity contribution < 1.29 is 0 Å². The zero-order valence-electron chi connectivity index (χ0n) is 12.7. The summed E-state index contributed by atoms with van der Waals surface area (Å²) in [5.74, 6) is 2.05. The van der Waals surface area contributed by atoms with Crippen molar-refractivity contribution in [2.45, 2.75) is 45.2 Å². The lowest BCUT2D eigenvalue weighted by Crippen LogP contribution is -2.25. The Balaban J connectivity index is 1.78. The molecule has 3 heteroatoms. The minimum atomic E-state index is 0.689. The molecule has 4 rings (SSSR count). The fourth-order valence-electron chi connectivity index (χ4n) is 3.71. The molecule has 2 aromatic rings. The SMILES string of the molecule is CCCC1CC1n1c(-c2ccccc2)nc2c1CCNC2. The number of nitrogens with one attached hydrogen (secondary N) is 1. The number of hydrogen-bond acceptors (Lipinski definition) is 2. The van der Waals surface area contributed by atoms with Crippen LogP contribution in [0.4, 0.5) is 0 Å². The molecule has 1 aliphatic carbocycles. The summed E-state index contributed by atoms with van der Waals surface area (Å²) in [7, 11) is 0. The van der Waals surface area contributed by atoms with E-state index in [1.54, 1.807) is 0 Å². The highest BCUT2D eigenvalue weighted by Crippen LogP contribution is 2.49. The highest BCUT2D eigenvalue weighted by Gasteiger charge is 2.41. The summed E-state index contributed by atoms with van der Waals surface area (Å²) in [4.78, 5) is 4.98. The molecule has 3 nitrogen and oxygen atoms in total. The quantitative estimate of drug-likeness (QED) is 0.928. The second kappa shape index (κ2) is 5.30. The molecule has 2 heterocycles. The molecule has 0 bridgehead atoms. The Hall–Kier alpha value is -1.61. The second-order valence-corrected chi connectivity index (χ2v) is 6.34. The highest BCUT2D eigenvalue weighted by atomic mass is 15.2. The van der Waals surface area contributed by atoms with Crippen LogP contribution in [0.2, 0.25) is 0 Å². The van der Waals surface area contributed by atoms with Gasteiger partial charge in [-0.1, -0.05) is 43.7 Å². The maximum atomic E-state index is 4.98. The molecule has 110 valence electrons. The molecule has 2 unspecified atom stereocenters. The monoisotopic (exact) mass is 281 g/mol. The van der Waals surface area contributed by atoms with Crippen LogP contribution in [0.3, 0.4) is 0 Å². The van der Waals surface area contributed by atoms with Crippen molar-refractivity contribution in [1.29, 1.82) is 0 Å². The Bertz CT molecular complexity index is 629. The first-order valence-electron chi connectivity index (χ1n) is 8.24. The van der Waals surface area contributed by atoms with Gasteiger partial charge in [-0.15, -0.1) is 0 Å². The molecule has 21 heavy (non-hydrogen) atoms. The lowest BCUT2D eigenvalue weighted by atomic mass is 10.1. The molecular weight excluding hydrogens is 258 g/mol. The van der Waals surface area contributed by atoms with Gasteiger partial charge < -0.3 is 9.88 Å². The average molecular weight is 281 g/mol. The summed E-state index contributed by atoms with van der Waals surface area (Å²) in [5, 5.41) is 3.45. The van der Waals surface area contributed by atoms with Gasteiger partial charge in [-0.2, -0.15) is 0 Å². The van der Waals surface area contributed by atoms with Gasteiger partial charge in [0.1, 0.15) is 5.82 Å². The van der Waals surface area contributed by atoms with E-state index in [0.717, 1.165) is 25.4 Å². The smallest absolute Gasteiger partial charge is 0.140 e. The zero-order valence-corrected chi connectivity index (χ0v) is 12.7. The van der Waals surface area contributed by atoms with Crippen LogP contribution in [0.15, 0.2) is 30.3 Å². The van der Waals surface area contributed by atoms with Crippen molar-refractivity contribution in [2.75, 3.05) is 6.54 Å². The Morgan fingerprint density at radius 2 is 2.14 bits per heavy atom. The van der Waals surface area contributed by atoms with Gasteiger partial charge in [0.05, 0.1) is 5.69 Å². The number of nitrogens with zero attached hydrogens (tertiary/aromatic N) is 2. The zero-order chi connectivity index (χ0) is 14.2. The third kappa shape index (κ3) is 2.30. The molecule has 1 saturated carbocycles. The second-order valence-electron chi connectivity index (χ2n) is 6.34. The maximum absolute atomic E-state index is 4.98. The molecule has 0 amide bonds. The van der Waals surface area contributed by atoms with E-state index in [9.17, 15) is 0 Å². The van der Waals surface area contributed by atoms with Gasteiger partial charge in [0.15, 0.2) is 0 Å². The largest absolute Gasteiger partial charge is 0.324 e. The van der Waals surface area contributed by atoms with Crippen LogP contribution in [0.1, 0.15) is 43.6 Å². The molecule has 1 aromatic carbocycles. The van der Waals surface area contributed by atoms with Crippen LogP contribution < -0.4 is 5.32 Å². The number of rotatable bonds is 4. The lowest BCUT2D eigenvalue weighted by molar-refractivity contribution is 0.563. The van der Waals surface area contributed by atoms with E-state index < -0.39 is 0 Å². The minimum absolute atomic E-state index is 0.689. The van der Waals surface area contributed by atoms with Crippen LogP contribution >= 0.6 is 0 Å². The summed E-state index contributed by atoms with van der Waals surface area (Å²) in [6.45, 7) is 4.30. The van der Waals surface area contributed by atoms with Gasteiger partial charge in [0.25, 0.3) is 0 Å². The van der Waals surface area contributed by atoms with E-state index in [0.29, 0.717) is 6.04 Å². The van der Waals surface area contributed by atoms with Crippen molar-refractivity contribution in [1.82, 2.24) is 14.9 Å². The summed E-state index contributed by atoms with van der Waals surface area (Å²) in [6.07, 6.45) is 5.10. The Morgan fingerprint density at radius 1 is 1.29 bits per heavy atom. The standard InChI is InChI=1S/C18H23N3/c1-2-6-14-11-17(14)21-16-9-10-19-12-15(16)20-18(21)13-7-4-3-5-8-13/h3-5,7-8,14,17,19H,2,6,9-12H2,1H3. The normalized spacial score (nSPS) is 23.9. The number of aromatic nitrogens is 2. The number of hydrogen-bond donors (Lipinski definition) is 1. The van der Waals surface area contributed by atoms with E-state index in [-0.39, 0.29) is 0 Å². The predicted octanol–water partition coefficient (Wildman–Crippen LogP) is 3.56. The summed E-state index contributed by atoms with van der Waals surface area (Å²) in [5.41, 5.74) is 4.01. The molecular formula is C18H23N3. The van der Waals surface area contributed by atoms with Crippen LogP contribution in [0.5, 0.6) is 0 Å². The van der Waals surface area contributed by atoms with Crippen LogP contribution in [-0.4, -0.2) is 16.1 Å². The topological polar surface area (TPSA) is 29.9 Å². The third-order valence-electron chi connectivity index (χ3n) is 4.83. The molecule has 2 atom stereocenters. The molecule has 0 spiro atoms. The van der Waals surface area contributed by atoms with Gasteiger partial charge in [0, 0.05) is 36.8 Å². The van der Waals surface area contributed by atoms with E-state index in [4.69, 9.17) is 4.98 Å². The predicted molar refractivity (Wildman–Crippen MR) is 85.1 cm³/mol. The van der Waals surface area contributed by atoms with Gasteiger partial charge in [-0.05, 0) is 18.8 Å². The Morgan fingerprint density at radius 3 is 2.95 bits per heavy atom. The first-order valence-corrected chi connectivity index (χ1v) is 8.24. The Labute approximate surface area is 126 Å². The van der Waals surface area contributed by atoms with Crippen molar-refractivity contribution >= 4 is 0 Å². The van der Waals surface area contributed by atoms with E-state index in [1.165, 1.54) is 42.0 Å². The first-order chi connectivity index (χ1) is 10.4. The molecule has 1 aliphatic heterocycles. The Kier molecular flexibility index (Phi) is 3.30. The summed E-state index contributed by atoms with van der Waals surface area (Å²) in [6, 6.07) is 11.4. The van der Waals surface area contributed by atoms with Crippen LogP contribution in [0.25, 0.3) is 11.4 Å². The van der Waals surface area contributed by atoms with E-state index in [2.05, 4.69) is 47.1 Å². The van der Waals surface area contributed by atoms with Crippen LogP contribution in [0, 0.1) is 5.92 Å². The lowest BCUT2D eigenvalue weighted by Gasteiger charge is -2.16. The first kappa shape index (κ1) is 13.1. The number of imidazole rings is 1. The van der Waals surface area contributed by atoms with Crippen molar-refractivity contribution in [3.8, 4) is 11.4 Å². The van der Waals surface area contributed by atoms with Crippen LogP contribution in [-0.2, 0) is 13.0 Å². The summed E-state index contributed by atoms with van der Waals surface area (Å²) < 4.78 is 2.58. The van der Waals surface area contributed by atoms with E-state index in [1.807, 2.05) is 0 Å². The molecule has 1 N–H and O–H groups in total. The van der Waals surface area contributed by atoms with E-state index >= 15 is 0 Å². The highest BCUT2D eigenvalue weighted by molar-refractivity contribution is 5.57. The van der Waals surface area contributed by atoms with Gasteiger partial charge in [0.2, 0.25) is 0 Å². The molecule has 0 saturated heterocycles.